The first-order chi connectivity index (χ1) is 5.47. The zero-order valence-corrected chi connectivity index (χ0v) is 6.97. The SMILES string of the molecule is C1=C(N2CCNCC2)CCC1. The van der Waals surface area contributed by atoms with Gasteiger partial charge in [0.25, 0.3) is 0 Å². The molecule has 1 fully saturated rings. The molecule has 2 rings (SSSR count). The number of allylic oxidation sites excluding steroid dienone is 2. The normalized spacial score (nSPS) is 25.5. The Hall–Kier alpha value is -0.500. The van der Waals surface area contributed by atoms with Crippen LogP contribution in [0.4, 0.5) is 0 Å². The highest BCUT2D eigenvalue weighted by Crippen LogP contribution is 2.21. The van der Waals surface area contributed by atoms with E-state index in [9.17, 15) is 0 Å². The Bertz CT molecular complexity index is 157. The molecule has 0 saturated carbocycles. The topological polar surface area (TPSA) is 15.3 Å². The predicted molar refractivity (Wildman–Crippen MR) is 46.4 cm³/mol. The Morgan fingerprint density at radius 3 is 2.73 bits per heavy atom. The molecule has 0 unspecified atom stereocenters. The average molecular weight is 152 g/mol. The molecule has 1 saturated heterocycles. The van der Waals surface area contributed by atoms with Crippen LogP contribution in [0.25, 0.3) is 0 Å². The lowest BCUT2D eigenvalue weighted by atomic mass is 10.3. The van der Waals surface area contributed by atoms with Gasteiger partial charge in [0.2, 0.25) is 0 Å². The Morgan fingerprint density at radius 1 is 1.27 bits per heavy atom. The van der Waals surface area contributed by atoms with Crippen molar-refractivity contribution in [1.82, 2.24) is 10.2 Å². The minimum atomic E-state index is 1.16. The van der Waals surface area contributed by atoms with Crippen LogP contribution in [0.3, 0.4) is 0 Å². The summed E-state index contributed by atoms with van der Waals surface area (Å²) in [4.78, 5) is 2.53. The molecule has 1 heterocycles. The third-order valence-electron chi connectivity index (χ3n) is 2.54. The van der Waals surface area contributed by atoms with Gasteiger partial charge >= 0.3 is 0 Å². The van der Waals surface area contributed by atoms with E-state index in [0.717, 1.165) is 13.1 Å². The smallest absolute Gasteiger partial charge is 0.0300 e. The molecule has 2 heteroatoms. The fourth-order valence-electron chi connectivity index (χ4n) is 1.89. The van der Waals surface area contributed by atoms with Crippen molar-refractivity contribution in [3.8, 4) is 0 Å². The fraction of sp³-hybridized carbons (Fsp3) is 0.778. The molecule has 1 aliphatic heterocycles. The zero-order chi connectivity index (χ0) is 7.52. The van der Waals surface area contributed by atoms with Gasteiger partial charge in [-0.3, -0.25) is 0 Å². The number of piperazine rings is 1. The minimum Gasteiger partial charge on any atom is -0.373 e. The van der Waals surface area contributed by atoms with Crippen LogP contribution < -0.4 is 5.32 Å². The summed E-state index contributed by atoms with van der Waals surface area (Å²) in [5, 5.41) is 3.37. The molecule has 0 bridgehead atoms. The van der Waals surface area contributed by atoms with Crippen molar-refractivity contribution in [3.63, 3.8) is 0 Å². The first kappa shape index (κ1) is 7.17. The molecule has 1 N–H and O–H groups in total. The van der Waals surface area contributed by atoms with Crippen LogP contribution in [0, 0.1) is 0 Å². The van der Waals surface area contributed by atoms with Gasteiger partial charge in [-0.15, -0.1) is 0 Å². The van der Waals surface area contributed by atoms with Crippen LogP contribution in [0.5, 0.6) is 0 Å². The van der Waals surface area contributed by atoms with Gasteiger partial charge in [0.1, 0.15) is 0 Å². The summed E-state index contributed by atoms with van der Waals surface area (Å²) in [6.07, 6.45) is 6.41. The molecule has 0 amide bonds. The van der Waals surface area contributed by atoms with E-state index in [1.807, 2.05) is 0 Å². The third kappa shape index (κ3) is 1.56. The van der Waals surface area contributed by atoms with Gasteiger partial charge in [-0.2, -0.15) is 0 Å². The molecule has 0 aromatic carbocycles. The van der Waals surface area contributed by atoms with Gasteiger partial charge in [0, 0.05) is 31.9 Å². The summed E-state index contributed by atoms with van der Waals surface area (Å²) in [7, 11) is 0. The largest absolute Gasteiger partial charge is 0.373 e. The van der Waals surface area contributed by atoms with Crippen molar-refractivity contribution in [1.29, 1.82) is 0 Å². The summed E-state index contributed by atoms with van der Waals surface area (Å²) in [5.74, 6) is 0. The molecule has 62 valence electrons. The van der Waals surface area contributed by atoms with Crippen molar-refractivity contribution >= 4 is 0 Å². The van der Waals surface area contributed by atoms with Gasteiger partial charge in [-0.05, 0) is 19.3 Å². The number of hydrogen-bond acceptors (Lipinski definition) is 2. The average Bonchev–Trinajstić information content (AvgIpc) is 2.58. The molecule has 0 spiro atoms. The first-order valence-electron chi connectivity index (χ1n) is 4.61. The van der Waals surface area contributed by atoms with Crippen LogP contribution in [0.1, 0.15) is 19.3 Å². The van der Waals surface area contributed by atoms with E-state index < -0.39 is 0 Å². The summed E-state index contributed by atoms with van der Waals surface area (Å²) in [6.45, 7) is 4.76. The highest BCUT2D eigenvalue weighted by molar-refractivity contribution is 5.07. The van der Waals surface area contributed by atoms with Gasteiger partial charge in [-0.1, -0.05) is 6.08 Å². The van der Waals surface area contributed by atoms with Crippen LogP contribution in [0.15, 0.2) is 11.8 Å². The molecule has 0 radical (unpaired) electrons. The summed E-state index contributed by atoms with van der Waals surface area (Å²) in [6, 6.07) is 0. The Balaban J connectivity index is 1.92. The van der Waals surface area contributed by atoms with Gasteiger partial charge in [0.15, 0.2) is 0 Å². The Labute approximate surface area is 68.3 Å². The quantitative estimate of drug-likeness (QED) is 0.602. The number of hydrogen-bond donors (Lipinski definition) is 1. The standard InChI is InChI=1S/C9H16N2/c1-2-4-9(3-1)11-7-5-10-6-8-11/h3,10H,1-2,4-8H2. The summed E-state index contributed by atoms with van der Waals surface area (Å²) in [5.41, 5.74) is 1.60. The maximum atomic E-state index is 3.37. The Morgan fingerprint density at radius 2 is 2.09 bits per heavy atom. The summed E-state index contributed by atoms with van der Waals surface area (Å²) < 4.78 is 0. The number of nitrogens with zero attached hydrogens (tertiary/aromatic N) is 1. The highest BCUT2D eigenvalue weighted by Gasteiger charge is 2.14. The lowest BCUT2D eigenvalue weighted by Crippen LogP contribution is -2.42. The van der Waals surface area contributed by atoms with Crippen molar-refractivity contribution in [2.45, 2.75) is 19.3 Å². The van der Waals surface area contributed by atoms with E-state index in [2.05, 4.69) is 16.3 Å². The minimum absolute atomic E-state index is 1.16. The molecule has 0 aromatic heterocycles. The van der Waals surface area contributed by atoms with E-state index in [4.69, 9.17) is 0 Å². The number of rotatable bonds is 1. The first-order valence-corrected chi connectivity index (χ1v) is 4.61. The van der Waals surface area contributed by atoms with E-state index in [1.54, 1.807) is 5.70 Å². The van der Waals surface area contributed by atoms with E-state index in [-0.39, 0.29) is 0 Å². The highest BCUT2D eigenvalue weighted by atomic mass is 15.2. The molecular formula is C9H16N2. The molecule has 1 aliphatic carbocycles. The Kier molecular flexibility index (Phi) is 2.13. The second kappa shape index (κ2) is 3.26. The zero-order valence-electron chi connectivity index (χ0n) is 6.97. The second-order valence-electron chi connectivity index (χ2n) is 3.32. The van der Waals surface area contributed by atoms with Crippen molar-refractivity contribution in [2.75, 3.05) is 26.2 Å². The lowest BCUT2D eigenvalue weighted by molar-refractivity contribution is 0.293. The molecular weight excluding hydrogens is 136 g/mol. The molecule has 0 atom stereocenters. The predicted octanol–water partition coefficient (Wildman–Crippen LogP) is 0.959. The van der Waals surface area contributed by atoms with Crippen LogP contribution in [0.2, 0.25) is 0 Å². The van der Waals surface area contributed by atoms with Gasteiger partial charge in [0.05, 0.1) is 0 Å². The molecule has 11 heavy (non-hydrogen) atoms. The summed E-state index contributed by atoms with van der Waals surface area (Å²) >= 11 is 0. The molecule has 2 nitrogen and oxygen atoms in total. The van der Waals surface area contributed by atoms with Crippen LogP contribution in [-0.4, -0.2) is 31.1 Å². The van der Waals surface area contributed by atoms with Crippen molar-refractivity contribution in [3.05, 3.63) is 11.8 Å². The van der Waals surface area contributed by atoms with Crippen LogP contribution in [-0.2, 0) is 0 Å². The van der Waals surface area contributed by atoms with E-state index in [0.29, 0.717) is 0 Å². The van der Waals surface area contributed by atoms with Gasteiger partial charge < -0.3 is 10.2 Å². The van der Waals surface area contributed by atoms with Gasteiger partial charge in [-0.25, -0.2) is 0 Å². The number of nitrogens with one attached hydrogen (secondary N) is 1. The maximum Gasteiger partial charge on any atom is 0.0300 e. The monoisotopic (exact) mass is 152 g/mol. The lowest BCUT2D eigenvalue weighted by Gasteiger charge is -2.30. The molecule has 0 aromatic rings. The molecule has 2 aliphatic rings. The van der Waals surface area contributed by atoms with E-state index >= 15 is 0 Å². The van der Waals surface area contributed by atoms with Crippen molar-refractivity contribution in [2.24, 2.45) is 0 Å². The third-order valence-corrected chi connectivity index (χ3v) is 2.54. The van der Waals surface area contributed by atoms with Crippen LogP contribution >= 0.6 is 0 Å². The van der Waals surface area contributed by atoms with Crippen molar-refractivity contribution < 1.29 is 0 Å². The fourth-order valence-corrected chi connectivity index (χ4v) is 1.89. The second-order valence-corrected chi connectivity index (χ2v) is 3.32. The maximum absolute atomic E-state index is 3.37. The van der Waals surface area contributed by atoms with E-state index in [1.165, 1.54) is 32.4 Å².